The number of ketones is 1. The largest absolute Gasteiger partial charge is 0.490 e. The van der Waals surface area contributed by atoms with Crippen molar-refractivity contribution in [3.8, 4) is 5.75 Å². The van der Waals surface area contributed by atoms with E-state index in [0.717, 1.165) is 5.56 Å². The average Bonchev–Trinajstić information content (AvgIpc) is 2.71. The molecule has 2 rings (SSSR count). The third kappa shape index (κ3) is 6.69. The number of Topliss-reactive ketones (excluding diaryl/α,β-unsaturated/α-hetero) is 1. The lowest BCUT2D eigenvalue weighted by molar-refractivity contribution is 0.0950. The van der Waals surface area contributed by atoms with E-state index in [9.17, 15) is 9.90 Å². The Hall–Kier alpha value is -2.17. The number of nitrogens with one attached hydrogen (secondary N) is 1. The van der Waals surface area contributed by atoms with Gasteiger partial charge in [0.05, 0.1) is 9.68 Å². The number of benzene rings is 2. The molecule has 0 fully saturated rings. The molecule has 2 aromatic rings. The zero-order valence-corrected chi connectivity index (χ0v) is 14.3. The third-order valence-electron chi connectivity index (χ3n) is 3.51. The van der Waals surface area contributed by atoms with E-state index in [1.165, 1.54) is 18.2 Å². The predicted molar refractivity (Wildman–Crippen MR) is 100 cm³/mol. The molecule has 0 saturated carbocycles. The minimum absolute atomic E-state index is 0.107. The van der Waals surface area contributed by atoms with Crippen molar-refractivity contribution in [1.29, 1.82) is 0 Å². The quantitative estimate of drug-likeness (QED) is 0.613. The summed E-state index contributed by atoms with van der Waals surface area (Å²) in [6, 6.07) is 15.4. The van der Waals surface area contributed by atoms with Gasteiger partial charge < -0.3 is 15.2 Å². The number of para-hydroxylation sites is 1. The highest BCUT2D eigenvalue weighted by atomic mass is 16.5. The van der Waals surface area contributed by atoms with Crippen LogP contribution in [0.5, 0.6) is 5.75 Å². The maximum Gasteiger partial charge on any atom is 0.166 e. The summed E-state index contributed by atoms with van der Waals surface area (Å²) in [6.07, 6.45) is -2.10. The van der Waals surface area contributed by atoms with Crippen molar-refractivity contribution in [3.05, 3.63) is 65.7 Å². The molecule has 0 aliphatic carbocycles. The molecule has 1 unspecified atom stereocenters. The first-order valence-corrected chi connectivity index (χ1v) is 8.34. The maximum absolute atomic E-state index is 12.7. The molecule has 134 valence electrons. The van der Waals surface area contributed by atoms with Gasteiger partial charge in [0, 0.05) is 15.7 Å². The van der Waals surface area contributed by atoms with Crippen molar-refractivity contribution in [2.45, 2.75) is 32.3 Å². The maximum atomic E-state index is 12.7. The van der Waals surface area contributed by atoms with Gasteiger partial charge in [0.2, 0.25) is 0 Å². The Morgan fingerprint density at radius 2 is 1.96 bits per heavy atom. The fourth-order valence-corrected chi connectivity index (χ4v) is 2.22. The molecule has 0 aliphatic rings. The normalized spacial score (nSPS) is 17.3. The van der Waals surface area contributed by atoms with E-state index in [1.807, 2.05) is 30.3 Å². The van der Waals surface area contributed by atoms with Crippen LogP contribution in [-0.2, 0) is 6.42 Å². The van der Waals surface area contributed by atoms with Crippen molar-refractivity contribution in [1.82, 2.24) is 5.32 Å². The summed E-state index contributed by atoms with van der Waals surface area (Å²) in [5.41, 5.74) is 1.09. The van der Waals surface area contributed by atoms with Gasteiger partial charge in [-0.1, -0.05) is 49.4 Å². The van der Waals surface area contributed by atoms with Crippen LogP contribution in [-0.4, -0.2) is 36.6 Å². The van der Waals surface area contributed by atoms with Crippen LogP contribution in [0.1, 0.15) is 42.5 Å². The average molecular weight is 346 g/mol. The Labute approximate surface area is 156 Å². The molecule has 1 atom stereocenters. The van der Waals surface area contributed by atoms with Gasteiger partial charge in [-0.3, -0.25) is 4.79 Å². The van der Waals surface area contributed by atoms with Gasteiger partial charge in [-0.15, -0.1) is 0 Å². The highest BCUT2D eigenvalue weighted by Gasteiger charge is 2.13. The number of aryl methyl sites for hydroxylation is 1. The summed E-state index contributed by atoms with van der Waals surface area (Å²) >= 11 is 0. The Balaban J connectivity index is 2.20. The second-order valence-electron chi connectivity index (χ2n) is 5.51. The van der Waals surface area contributed by atoms with Crippen LogP contribution >= 0.6 is 0 Å². The zero-order chi connectivity index (χ0) is 22.4. The van der Waals surface area contributed by atoms with Gasteiger partial charge in [-0.05, 0) is 37.1 Å². The van der Waals surface area contributed by atoms with Crippen LogP contribution < -0.4 is 10.1 Å². The summed E-state index contributed by atoms with van der Waals surface area (Å²) in [5.74, 6) is -0.441. The lowest BCUT2D eigenvalue weighted by atomic mass is 10.0. The number of carbonyl (C=O) groups is 1. The molecule has 0 radical (unpaired) electrons. The molecule has 0 heterocycles. The number of hydrogen-bond donors (Lipinski definition) is 2. The Morgan fingerprint density at radius 3 is 2.72 bits per heavy atom. The van der Waals surface area contributed by atoms with Crippen LogP contribution in [0.4, 0.5) is 0 Å². The molecule has 0 bridgehead atoms. The van der Waals surface area contributed by atoms with Crippen molar-refractivity contribution >= 4 is 5.78 Å². The van der Waals surface area contributed by atoms with Crippen molar-refractivity contribution in [2.24, 2.45) is 0 Å². The molecular weight excluding hydrogens is 314 g/mol. The van der Waals surface area contributed by atoms with E-state index < -0.39 is 19.1 Å². The lowest BCUT2D eigenvalue weighted by Gasteiger charge is -2.15. The zero-order valence-electron chi connectivity index (χ0n) is 19.3. The van der Waals surface area contributed by atoms with Gasteiger partial charge in [0.15, 0.2) is 5.78 Å². The summed E-state index contributed by atoms with van der Waals surface area (Å²) in [7, 11) is 0. The minimum Gasteiger partial charge on any atom is -0.490 e. The molecule has 25 heavy (non-hydrogen) atoms. The summed E-state index contributed by atoms with van der Waals surface area (Å²) < 4.78 is 45.1. The molecule has 4 heteroatoms. The van der Waals surface area contributed by atoms with Gasteiger partial charge in [-0.25, -0.2) is 0 Å². The second kappa shape index (κ2) is 10.6. The molecule has 0 spiro atoms. The molecule has 0 aromatic heterocycles. The molecule has 4 nitrogen and oxygen atoms in total. The minimum atomic E-state index is -3.28. The third-order valence-corrected chi connectivity index (χ3v) is 3.51. The fraction of sp³-hybridized carbons (Fsp3) is 0.381. The highest BCUT2D eigenvalue weighted by Crippen LogP contribution is 2.20. The van der Waals surface area contributed by atoms with Crippen LogP contribution in [0, 0.1) is 0 Å². The number of hydrogen-bond acceptors (Lipinski definition) is 4. The smallest absolute Gasteiger partial charge is 0.166 e. The van der Waals surface area contributed by atoms with E-state index in [2.05, 4.69) is 5.32 Å². The Bertz CT molecular complexity index is 844. The first kappa shape index (κ1) is 13.1. The number of aliphatic hydroxyl groups is 1. The highest BCUT2D eigenvalue weighted by molar-refractivity contribution is 5.98. The van der Waals surface area contributed by atoms with Gasteiger partial charge in [0.1, 0.15) is 18.4 Å². The topological polar surface area (TPSA) is 58.6 Å². The molecule has 0 amide bonds. The van der Waals surface area contributed by atoms with Crippen molar-refractivity contribution in [3.63, 3.8) is 0 Å². The molecule has 2 N–H and O–H groups in total. The van der Waals surface area contributed by atoms with Gasteiger partial charge in [-0.2, -0.15) is 0 Å². The Morgan fingerprint density at radius 1 is 1.24 bits per heavy atom. The van der Waals surface area contributed by atoms with E-state index >= 15 is 0 Å². The first-order valence-electron chi connectivity index (χ1n) is 10.8. The molecule has 2 aromatic carbocycles. The van der Waals surface area contributed by atoms with Crippen LogP contribution in [0.3, 0.4) is 0 Å². The van der Waals surface area contributed by atoms with E-state index in [-0.39, 0.29) is 30.1 Å². The number of carbonyl (C=O) groups excluding carboxylic acids is 1. The summed E-state index contributed by atoms with van der Waals surface area (Å²) in [5, 5.41) is 12.7. The van der Waals surface area contributed by atoms with E-state index in [0.29, 0.717) is 12.8 Å². The summed E-state index contributed by atoms with van der Waals surface area (Å²) in [4.78, 5) is 12.7. The van der Waals surface area contributed by atoms with Crippen molar-refractivity contribution < 1.29 is 21.5 Å². The second-order valence-corrected chi connectivity index (χ2v) is 5.51. The lowest BCUT2D eigenvalue weighted by Crippen LogP contribution is -2.32. The number of rotatable bonds is 11. The fourth-order valence-electron chi connectivity index (χ4n) is 2.22. The predicted octanol–water partition coefficient (Wildman–Crippen LogP) is 3.24. The molecule has 0 saturated heterocycles. The monoisotopic (exact) mass is 346 g/mol. The van der Waals surface area contributed by atoms with Crippen LogP contribution in [0.25, 0.3) is 0 Å². The SMILES string of the molecule is [2H]C([2H])(NCCC)C([2H])(O)C([2H])([2H])Oc1ccccc1C(=O)CCc1ccccc1. The van der Waals surface area contributed by atoms with Crippen molar-refractivity contribution in [2.75, 3.05) is 19.6 Å². The van der Waals surface area contributed by atoms with Crippen LogP contribution in [0.15, 0.2) is 54.6 Å². The molecule has 0 aliphatic heterocycles. The van der Waals surface area contributed by atoms with E-state index in [1.54, 1.807) is 13.0 Å². The molecular formula is C21H27NO3. The summed E-state index contributed by atoms with van der Waals surface area (Å²) in [6.45, 7) is -4.03. The number of ether oxygens (including phenoxy) is 1. The first-order chi connectivity index (χ1) is 14.0. The van der Waals surface area contributed by atoms with E-state index in [4.69, 9.17) is 11.6 Å². The Kier molecular flexibility index (Phi) is 5.57. The van der Waals surface area contributed by atoms with Crippen LogP contribution in [0.2, 0.25) is 0 Å². The van der Waals surface area contributed by atoms with Gasteiger partial charge in [0.25, 0.3) is 0 Å². The standard InChI is InChI=1S/C21H27NO3/c1-2-14-22-15-18(23)16-25-21-11-7-6-10-19(21)20(24)13-12-17-8-4-3-5-9-17/h3-11,18,22-23H,2,12-16H2,1H3/i15D2,16D2,18D. The van der Waals surface area contributed by atoms with Gasteiger partial charge >= 0.3 is 0 Å².